The molecule has 0 aliphatic rings. The number of nitrogens with zero attached hydrogens (tertiary/aromatic N) is 2. The van der Waals surface area contributed by atoms with Crippen LogP contribution in [0, 0.1) is 5.92 Å². The van der Waals surface area contributed by atoms with Gasteiger partial charge in [-0.25, -0.2) is 0 Å². The van der Waals surface area contributed by atoms with Crippen molar-refractivity contribution in [2.24, 2.45) is 5.92 Å². The Bertz CT molecular complexity index is 431. The minimum atomic E-state index is -0.0155. The van der Waals surface area contributed by atoms with Gasteiger partial charge in [0.15, 0.2) is 0 Å². The van der Waals surface area contributed by atoms with E-state index in [2.05, 4.69) is 38.0 Å². The van der Waals surface area contributed by atoms with Crippen LogP contribution >= 0.6 is 0 Å². The van der Waals surface area contributed by atoms with E-state index >= 15 is 0 Å². The molecule has 0 aromatic carbocycles. The quantitative estimate of drug-likeness (QED) is 0.830. The standard InChI is InChI=1S/C16H27N3O/c1-6-8-17-14-7-9-18-15(11-14)16(20)19(5)13(4)10-12(2)3/h7,9,11-13H,6,8,10H2,1-5H3,(H,17,18). The van der Waals surface area contributed by atoms with Gasteiger partial charge in [-0.2, -0.15) is 0 Å². The van der Waals surface area contributed by atoms with Crippen LogP contribution < -0.4 is 5.32 Å². The molecular formula is C16H27N3O. The third kappa shape index (κ3) is 4.83. The Morgan fingerprint density at radius 3 is 2.70 bits per heavy atom. The van der Waals surface area contributed by atoms with Gasteiger partial charge >= 0.3 is 0 Å². The Labute approximate surface area is 122 Å². The van der Waals surface area contributed by atoms with E-state index in [4.69, 9.17) is 0 Å². The number of hydrogen-bond donors (Lipinski definition) is 1. The van der Waals surface area contributed by atoms with Gasteiger partial charge in [0.25, 0.3) is 5.91 Å². The first-order valence-electron chi connectivity index (χ1n) is 7.42. The maximum Gasteiger partial charge on any atom is 0.272 e. The molecule has 0 saturated heterocycles. The Kier molecular flexibility index (Phi) is 6.49. The third-order valence-electron chi connectivity index (χ3n) is 3.35. The van der Waals surface area contributed by atoms with Gasteiger partial charge in [-0.05, 0) is 37.8 Å². The Morgan fingerprint density at radius 2 is 2.10 bits per heavy atom. The number of anilines is 1. The van der Waals surface area contributed by atoms with E-state index in [1.807, 2.05) is 19.2 Å². The number of nitrogens with one attached hydrogen (secondary N) is 1. The van der Waals surface area contributed by atoms with E-state index in [-0.39, 0.29) is 11.9 Å². The van der Waals surface area contributed by atoms with Crippen LogP contribution in [0.25, 0.3) is 0 Å². The fourth-order valence-corrected chi connectivity index (χ4v) is 2.15. The first-order chi connectivity index (χ1) is 9.45. The molecule has 1 unspecified atom stereocenters. The molecule has 1 aromatic rings. The summed E-state index contributed by atoms with van der Waals surface area (Å²) in [5.41, 5.74) is 1.46. The molecule has 0 radical (unpaired) electrons. The number of rotatable bonds is 7. The summed E-state index contributed by atoms with van der Waals surface area (Å²) in [6, 6.07) is 3.94. The van der Waals surface area contributed by atoms with E-state index in [0.717, 1.165) is 25.1 Å². The second-order valence-electron chi connectivity index (χ2n) is 5.75. The molecule has 1 N–H and O–H groups in total. The van der Waals surface area contributed by atoms with E-state index in [1.165, 1.54) is 0 Å². The summed E-state index contributed by atoms with van der Waals surface area (Å²) in [7, 11) is 1.85. The molecule has 0 aliphatic heterocycles. The van der Waals surface area contributed by atoms with Crippen molar-refractivity contribution in [2.75, 3.05) is 18.9 Å². The molecule has 0 aliphatic carbocycles. The molecule has 1 rings (SSSR count). The maximum absolute atomic E-state index is 12.4. The van der Waals surface area contributed by atoms with Gasteiger partial charge in [-0.1, -0.05) is 20.8 Å². The summed E-state index contributed by atoms with van der Waals surface area (Å²) in [4.78, 5) is 18.4. The average Bonchev–Trinajstić information content (AvgIpc) is 2.43. The second kappa shape index (κ2) is 7.88. The van der Waals surface area contributed by atoms with Crippen molar-refractivity contribution in [3.63, 3.8) is 0 Å². The normalized spacial score (nSPS) is 12.3. The van der Waals surface area contributed by atoms with Gasteiger partial charge in [0.05, 0.1) is 0 Å². The largest absolute Gasteiger partial charge is 0.385 e. The lowest BCUT2D eigenvalue weighted by Crippen LogP contribution is -2.36. The molecule has 4 nitrogen and oxygen atoms in total. The van der Waals surface area contributed by atoms with E-state index in [9.17, 15) is 4.79 Å². The van der Waals surface area contributed by atoms with Crippen LogP contribution in [0.15, 0.2) is 18.3 Å². The Balaban J connectivity index is 2.75. The zero-order chi connectivity index (χ0) is 15.1. The highest BCUT2D eigenvalue weighted by Gasteiger charge is 2.19. The minimum absolute atomic E-state index is 0.0155. The molecule has 4 heteroatoms. The van der Waals surface area contributed by atoms with Crippen LogP contribution in [0.1, 0.15) is 51.0 Å². The number of hydrogen-bond acceptors (Lipinski definition) is 3. The highest BCUT2D eigenvalue weighted by molar-refractivity contribution is 5.93. The molecule has 1 heterocycles. The Morgan fingerprint density at radius 1 is 1.40 bits per heavy atom. The van der Waals surface area contributed by atoms with Gasteiger partial charge in [0.1, 0.15) is 5.69 Å². The summed E-state index contributed by atoms with van der Waals surface area (Å²) < 4.78 is 0. The molecule has 1 atom stereocenters. The molecular weight excluding hydrogens is 250 g/mol. The topological polar surface area (TPSA) is 45.2 Å². The number of aromatic nitrogens is 1. The maximum atomic E-state index is 12.4. The van der Waals surface area contributed by atoms with Crippen molar-refractivity contribution in [2.45, 2.75) is 46.6 Å². The van der Waals surface area contributed by atoms with Crippen LogP contribution in [-0.2, 0) is 0 Å². The zero-order valence-corrected chi connectivity index (χ0v) is 13.3. The summed E-state index contributed by atoms with van der Waals surface area (Å²) in [5, 5.41) is 3.28. The Hall–Kier alpha value is -1.58. The number of pyridine rings is 1. The van der Waals surface area contributed by atoms with E-state index in [0.29, 0.717) is 11.6 Å². The zero-order valence-electron chi connectivity index (χ0n) is 13.3. The molecule has 1 amide bonds. The summed E-state index contributed by atoms with van der Waals surface area (Å²) in [6.07, 6.45) is 3.74. The van der Waals surface area contributed by atoms with Gasteiger partial charge in [0.2, 0.25) is 0 Å². The molecule has 20 heavy (non-hydrogen) atoms. The first kappa shape index (κ1) is 16.5. The smallest absolute Gasteiger partial charge is 0.272 e. The van der Waals surface area contributed by atoms with E-state index < -0.39 is 0 Å². The SMILES string of the molecule is CCCNc1ccnc(C(=O)N(C)C(C)CC(C)C)c1. The minimum Gasteiger partial charge on any atom is -0.385 e. The van der Waals surface area contributed by atoms with Crippen LogP contribution in [0.3, 0.4) is 0 Å². The van der Waals surface area contributed by atoms with Crippen LogP contribution in [0.4, 0.5) is 5.69 Å². The third-order valence-corrected chi connectivity index (χ3v) is 3.35. The van der Waals surface area contributed by atoms with Crippen molar-refractivity contribution >= 4 is 11.6 Å². The highest BCUT2D eigenvalue weighted by Crippen LogP contribution is 2.14. The monoisotopic (exact) mass is 277 g/mol. The van der Waals surface area contributed by atoms with Crippen molar-refractivity contribution < 1.29 is 4.79 Å². The lowest BCUT2D eigenvalue weighted by Gasteiger charge is -2.26. The second-order valence-corrected chi connectivity index (χ2v) is 5.75. The van der Waals surface area contributed by atoms with Gasteiger partial charge < -0.3 is 10.2 Å². The first-order valence-corrected chi connectivity index (χ1v) is 7.42. The average molecular weight is 277 g/mol. The summed E-state index contributed by atoms with van der Waals surface area (Å²) >= 11 is 0. The van der Waals surface area contributed by atoms with Crippen molar-refractivity contribution in [1.82, 2.24) is 9.88 Å². The molecule has 0 fully saturated rings. The fraction of sp³-hybridized carbons (Fsp3) is 0.625. The summed E-state index contributed by atoms with van der Waals surface area (Å²) in [6.45, 7) is 9.43. The van der Waals surface area contributed by atoms with E-state index in [1.54, 1.807) is 11.1 Å². The van der Waals surface area contributed by atoms with Gasteiger partial charge in [-0.15, -0.1) is 0 Å². The molecule has 112 valence electrons. The number of carbonyl (C=O) groups excluding carboxylic acids is 1. The fourth-order valence-electron chi connectivity index (χ4n) is 2.15. The van der Waals surface area contributed by atoms with Crippen molar-refractivity contribution in [3.8, 4) is 0 Å². The van der Waals surface area contributed by atoms with Crippen molar-refractivity contribution in [3.05, 3.63) is 24.0 Å². The van der Waals surface area contributed by atoms with Crippen molar-refractivity contribution in [1.29, 1.82) is 0 Å². The van der Waals surface area contributed by atoms with Gasteiger partial charge in [0, 0.05) is 31.5 Å². The number of carbonyl (C=O) groups is 1. The predicted octanol–water partition coefficient (Wildman–Crippen LogP) is 3.41. The highest BCUT2D eigenvalue weighted by atomic mass is 16.2. The molecule has 0 spiro atoms. The van der Waals surface area contributed by atoms with Crippen LogP contribution in [0.5, 0.6) is 0 Å². The lowest BCUT2D eigenvalue weighted by molar-refractivity contribution is 0.0722. The predicted molar refractivity (Wildman–Crippen MR) is 84.0 cm³/mol. The number of amides is 1. The van der Waals surface area contributed by atoms with Crippen LogP contribution in [-0.4, -0.2) is 35.4 Å². The molecule has 0 bridgehead atoms. The molecule has 1 aromatic heterocycles. The van der Waals surface area contributed by atoms with Gasteiger partial charge in [-0.3, -0.25) is 9.78 Å². The lowest BCUT2D eigenvalue weighted by atomic mass is 10.0. The van der Waals surface area contributed by atoms with Crippen LogP contribution in [0.2, 0.25) is 0 Å². The summed E-state index contributed by atoms with van der Waals surface area (Å²) in [5.74, 6) is 0.559. The molecule has 0 saturated carbocycles.